The zero-order valence-electron chi connectivity index (χ0n) is 23.0. The maximum absolute atomic E-state index is 13.7. The highest BCUT2D eigenvalue weighted by atomic mass is 32.2. The first kappa shape index (κ1) is 31.7. The van der Waals surface area contributed by atoms with E-state index in [1.807, 2.05) is 60.7 Å². The molecule has 41 heavy (non-hydrogen) atoms. The van der Waals surface area contributed by atoms with Gasteiger partial charge in [0.25, 0.3) is 0 Å². The second-order valence-corrected chi connectivity index (χ2v) is 11.5. The van der Waals surface area contributed by atoms with E-state index in [1.54, 1.807) is 6.92 Å². The van der Waals surface area contributed by atoms with E-state index in [-0.39, 0.29) is 49.9 Å². The largest absolute Gasteiger partial charge is 0.416 e. The van der Waals surface area contributed by atoms with Crippen LogP contribution in [0.15, 0.2) is 84.9 Å². The molecule has 3 aromatic rings. The summed E-state index contributed by atoms with van der Waals surface area (Å²) in [5.74, 6) is -0.694. The Balaban J connectivity index is 1.85. The molecule has 0 fully saturated rings. The molecule has 0 heterocycles. The lowest BCUT2D eigenvalue weighted by Gasteiger charge is -2.32. The molecule has 0 saturated carbocycles. The number of rotatable bonds is 13. The number of halogens is 3. The molecule has 2 amide bonds. The summed E-state index contributed by atoms with van der Waals surface area (Å²) < 4.78 is 65.7. The Morgan fingerprint density at radius 1 is 0.902 bits per heavy atom. The molecule has 3 aromatic carbocycles. The highest BCUT2D eigenvalue weighted by molar-refractivity contribution is 7.92. The molecule has 0 saturated heterocycles. The number of nitrogens with zero attached hydrogens (tertiary/aromatic N) is 2. The van der Waals surface area contributed by atoms with E-state index in [9.17, 15) is 31.2 Å². The lowest BCUT2D eigenvalue weighted by molar-refractivity contribution is -0.141. The third-order valence-electron chi connectivity index (χ3n) is 6.43. The van der Waals surface area contributed by atoms with E-state index in [0.717, 1.165) is 39.9 Å². The quantitative estimate of drug-likeness (QED) is 0.303. The normalized spacial score (nSPS) is 12.4. The zero-order chi connectivity index (χ0) is 30.0. The minimum Gasteiger partial charge on any atom is -0.355 e. The molecular weight excluding hydrogens is 555 g/mol. The van der Waals surface area contributed by atoms with Crippen LogP contribution in [0.3, 0.4) is 0 Å². The first-order valence-corrected chi connectivity index (χ1v) is 15.0. The minimum absolute atomic E-state index is 0.0287. The minimum atomic E-state index is -4.64. The molecule has 0 bridgehead atoms. The smallest absolute Gasteiger partial charge is 0.355 e. The number of anilines is 1. The number of hydrogen-bond donors (Lipinski definition) is 1. The number of benzene rings is 3. The van der Waals surface area contributed by atoms with Crippen LogP contribution in [0.25, 0.3) is 0 Å². The maximum atomic E-state index is 13.7. The van der Waals surface area contributed by atoms with Crippen LogP contribution >= 0.6 is 0 Å². The van der Waals surface area contributed by atoms with Crippen LogP contribution < -0.4 is 9.62 Å². The number of amides is 2. The van der Waals surface area contributed by atoms with Crippen molar-refractivity contribution in [3.63, 3.8) is 0 Å². The topological polar surface area (TPSA) is 86.8 Å². The predicted molar refractivity (Wildman–Crippen MR) is 152 cm³/mol. The van der Waals surface area contributed by atoms with Crippen LogP contribution in [0, 0.1) is 0 Å². The van der Waals surface area contributed by atoms with E-state index in [0.29, 0.717) is 6.54 Å². The second-order valence-electron chi connectivity index (χ2n) is 9.59. The summed E-state index contributed by atoms with van der Waals surface area (Å²) in [6.07, 6.45) is -3.56. The van der Waals surface area contributed by atoms with Gasteiger partial charge in [-0.05, 0) is 42.7 Å². The molecule has 0 spiro atoms. The van der Waals surface area contributed by atoms with Crippen molar-refractivity contribution in [2.45, 2.75) is 44.9 Å². The fourth-order valence-electron chi connectivity index (χ4n) is 4.47. The molecular formula is C30H34F3N3O4S. The van der Waals surface area contributed by atoms with E-state index in [4.69, 9.17) is 0 Å². The Hall–Kier alpha value is -3.86. The average Bonchev–Trinajstić information content (AvgIpc) is 2.93. The van der Waals surface area contributed by atoms with Gasteiger partial charge in [-0.2, -0.15) is 13.2 Å². The van der Waals surface area contributed by atoms with Gasteiger partial charge in [-0.25, -0.2) is 8.42 Å². The van der Waals surface area contributed by atoms with Crippen molar-refractivity contribution < 1.29 is 31.2 Å². The van der Waals surface area contributed by atoms with Gasteiger partial charge in [0.2, 0.25) is 21.8 Å². The first-order chi connectivity index (χ1) is 19.4. The molecule has 220 valence electrons. The third kappa shape index (κ3) is 9.34. The van der Waals surface area contributed by atoms with Crippen LogP contribution in [0.5, 0.6) is 0 Å². The van der Waals surface area contributed by atoms with Gasteiger partial charge in [-0.1, -0.05) is 66.7 Å². The number of carbonyl (C=O) groups is 2. The van der Waals surface area contributed by atoms with Crippen LogP contribution in [-0.4, -0.2) is 50.5 Å². The van der Waals surface area contributed by atoms with E-state index in [1.165, 1.54) is 11.0 Å². The highest BCUT2D eigenvalue weighted by Crippen LogP contribution is 2.32. The number of nitrogens with one attached hydrogen (secondary N) is 1. The Morgan fingerprint density at radius 3 is 2.07 bits per heavy atom. The van der Waals surface area contributed by atoms with E-state index in [2.05, 4.69) is 5.32 Å². The Labute approximate surface area is 239 Å². The highest BCUT2D eigenvalue weighted by Gasteiger charge is 2.32. The SMILES string of the molecule is CCNC(=O)[C@@H](Cc1ccccc1)N(Cc1ccccc1)C(=O)CCCN(c1cccc(C(F)(F)F)c1)S(C)(=O)=O. The summed E-state index contributed by atoms with van der Waals surface area (Å²) >= 11 is 0. The Morgan fingerprint density at radius 2 is 1.51 bits per heavy atom. The van der Waals surface area contributed by atoms with Crippen molar-refractivity contribution >= 4 is 27.5 Å². The lowest BCUT2D eigenvalue weighted by Crippen LogP contribution is -2.50. The van der Waals surface area contributed by atoms with Gasteiger partial charge in [-0.3, -0.25) is 13.9 Å². The van der Waals surface area contributed by atoms with Crippen LogP contribution in [0.1, 0.15) is 36.5 Å². The Kier molecular flexibility index (Phi) is 10.9. The summed E-state index contributed by atoms with van der Waals surface area (Å²) in [7, 11) is -3.95. The fraction of sp³-hybridized carbons (Fsp3) is 0.333. The van der Waals surface area contributed by atoms with Crippen LogP contribution in [0.4, 0.5) is 18.9 Å². The molecule has 0 unspecified atom stereocenters. The summed E-state index contributed by atoms with van der Waals surface area (Å²) in [6, 6.07) is 21.7. The molecule has 0 aliphatic rings. The lowest BCUT2D eigenvalue weighted by atomic mass is 10.0. The summed E-state index contributed by atoms with van der Waals surface area (Å²) in [6.45, 7) is 2.10. The molecule has 0 radical (unpaired) electrons. The molecule has 0 aromatic heterocycles. The zero-order valence-corrected chi connectivity index (χ0v) is 23.8. The first-order valence-electron chi connectivity index (χ1n) is 13.2. The number of likely N-dealkylation sites (N-methyl/N-ethyl adjacent to an activating group) is 1. The molecule has 7 nitrogen and oxygen atoms in total. The van der Waals surface area contributed by atoms with Crippen molar-refractivity contribution in [1.82, 2.24) is 10.2 Å². The standard InChI is InChI=1S/C30H34F3N3O4S/c1-3-34-29(38)27(20-23-12-6-4-7-13-23)35(22-24-14-8-5-9-15-24)28(37)18-11-19-36(41(2,39)40)26-17-10-16-25(21-26)30(31,32)33/h4-10,12-17,21,27H,3,11,18-20,22H2,1-2H3,(H,34,38)/t27-/m1/s1. The monoisotopic (exact) mass is 589 g/mol. The molecule has 1 N–H and O–H groups in total. The van der Waals surface area contributed by atoms with Gasteiger partial charge in [0.1, 0.15) is 6.04 Å². The summed E-state index contributed by atoms with van der Waals surface area (Å²) in [5, 5.41) is 2.81. The van der Waals surface area contributed by atoms with Crippen molar-refractivity contribution in [3.8, 4) is 0 Å². The number of carbonyl (C=O) groups excluding carboxylic acids is 2. The molecule has 11 heteroatoms. The van der Waals surface area contributed by atoms with Gasteiger partial charge in [0.15, 0.2) is 0 Å². The van der Waals surface area contributed by atoms with Crippen molar-refractivity contribution in [3.05, 3.63) is 102 Å². The number of sulfonamides is 1. The van der Waals surface area contributed by atoms with E-state index < -0.39 is 27.8 Å². The van der Waals surface area contributed by atoms with Gasteiger partial charge in [-0.15, -0.1) is 0 Å². The molecule has 0 aliphatic carbocycles. The predicted octanol–water partition coefficient (Wildman–Crippen LogP) is 5.03. The molecule has 3 rings (SSSR count). The van der Waals surface area contributed by atoms with Gasteiger partial charge in [0.05, 0.1) is 17.5 Å². The van der Waals surface area contributed by atoms with Crippen molar-refractivity contribution in [2.75, 3.05) is 23.7 Å². The maximum Gasteiger partial charge on any atom is 0.416 e. The Bertz CT molecular complexity index is 1400. The fourth-order valence-corrected chi connectivity index (χ4v) is 5.42. The third-order valence-corrected chi connectivity index (χ3v) is 7.63. The summed E-state index contributed by atoms with van der Waals surface area (Å²) in [5.41, 5.74) is 0.562. The number of alkyl halides is 3. The number of hydrogen-bond acceptors (Lipinski definition) is 4. The second kappa shape index (κ2) is 14.2. The van der Waals surface area contributed by atoms with Crippen molar-refractivity contribution in [2.24, 2.45) is 0 Å². The molecule has 1 atom stereocenters. The molecule has 0 aliphatic heterocycles. The van der Waals surface area contributed by atoms with Gasteiger partial charge >= 0.3 is 6.18 Å². The van der Waals surface area contributed by atoms with Gasteiger partial charge < -0.3 is 10.2 Å². The van der Waals surface area contributed by atoms with E-state index >= 15 is 0 Å². The van der Waals surface area contributed by atoms with Crippen LogP contribution in [0.2, 0.25) is 0 Å². The average molecular weight is 590 g/mol. The van der Waals surface area contributed by atoms with Crippen LogP contribution in [-0.2, 0) is 38.8 Å². The van der Waals surface area contributed by atoms with Gasteiger partial charge in [0, 0.05) is 32.5 Å². The summed E-state index contributed by atoms with van der Waals surface area (Å²) in [4.78, 5) is 28.4. The van der Waals surface area contributed by atoms with Crippen molar-refractivity contribution in [1.29, 1.82) is 0 Å².